The molecule has 0 fully saturated rings. The van der Waals surface area contributed by atoms with Gasteiger partial charge in [-0.05, 0) is 19.8 Å². The molecule has 0 radical (unpaired) electrons. The number of rotatable bonds is 7. The molecule has 8 nitrogen and oxygen atoms in total. The average molecular weight is 278 g/mol. The molecule has 0 aliphatic carbocycles. The summed E-state index contributed by atoms with van der Waals surface area (Å²) in [4.78, 5) is 29.6. The number of hydrogen-bond donors (Lipinski definition) is 5. The average Bonchev–Trinajstić information content (AvgIpc) is 2.28. The molecule has 110 valence electrons. The van der Waals surface area contributed by atoms with Gasteiger partial charge in [0.05, 0.1) is 6.42 Å². The van der Waals surface area contributed by atoms with Crippen molar-refractivity contribution in [1.29, 1.82) is 0 Å². The number of aliphatic hydroxyl groups excluding tert-OH is 2. The van der Waals surface area contributed by atoms with Gasteiger partial charge in [-0.2, -0.15) is 0 Å². The van der Waals surface area contributed by atoms with Crippen molar-refractivity contribution in [2.45, 2.75) is 32.3 Å². The SMILES string of the molecule is CC(=CCCCO)C(=O)O.O=C(O)CC(O)C(=O)O. The molecule has 0 heterocycles. The van der Waals surface area contributed by atoms with E-state index in [4.69, 9.17) is 25.5 Å². The van der Waals surface area contributed by atoms with Crippen LogP contribution < -0.4 is 0 Å². The number of aliphatic carboxylic acids is 3. The number of allylic oxidation sites excluding steroid dienone is 1. The van der Waals surface area contributed by atoms with Crippen LogP contribution in [-0.4, -0.2) is 56.2 Å². The molecule has 1 atom stereocenters. The van der Waals surface area contributed by atoms with Crippen LogP contribution in [0.2, 0.25) is 0 Å². The highest BCUT2D eigenvalue weighted by Crippen LogP contribution is 1.97. The standard InChI is InChI=1S/C7H12O3.C4H6O5/c1-6(7(9)10)4-2-3-5-8;5-2(4(8)9)1-3(6)7/h4,8H,2-3,5H2,1H3,(H,9,10);2,5H,1H2,(H,6,7)(H,8,9). The van der Waals surface area contributed by atoms with Crippen LogP contribution in [-0.2, 0) is 14.4 Å². The number of carbonyl (C=O) groups is 3. The van der Waals surface area contributed by atoms with Crippen molar-refractivity contribution in [1.82, 2.24) is 0 Å². The third-order valence-electron chi connectivity index (χ3n) is 1.80. The minimum atomic E-state index is -1.79. The summed E-state index contributed by atoms with van der Waals surface area (Å²) in [5.41, 5.74) is 0.341. The molecule has 0 spiro atoms. The van der Waals surface area contributed by atoms with Gasteiger partial charge in [0.15, 0.2) is 6.10 Å². The number of carboxylic acid groups (broad SMARTS) is 3. The third kappa shape index (κ3) is 14.0. The molecule has 0 saturated carbocycles. The van der Waals surface area contributed by atoms with E-state index in [1.165, 1.54) is 0 Å². The monoisotopic (exact) mass is 278 g/mol. The van der Waals surface area contributed by atoms with Crippen molar-refractivity contribution in [3.05, 3.63) is 11.6 Å². The van der Waals surface area contributed by atoms with Crippen LogP contribution in [0.5, 0.6) is 0 Å². The van der Waals surface area contributed by atoms with E-state index in [9.17, 15) is 14.4 Å². The van der Waals surface area contributed by atoms with Crippen LogP contribution in [0.4, 0.5) is 0 Å². The summed E-state index contributed by atoms with van der Waals surface area (Å²) in [5.74, 6) is -3.74. The molecule has 5 N–H and O–H groups in total. The molecule has 0 aliphatic rings. The van der Waals surface area contributed by atoms with Crippen LogP contribution in [0.25, 0.3) is 0 Å². The lowest BCUT2D eigenvalue weighted by molar-refractivity contribution is -0.152. The highest BCUT2D eigenvalue weighted by Gasteiger charge is 2.16. The predicted molar refractivity (Wildman–Crippen MR) is 63.6 cm³/mol. The maximum atomic E-state index is 10.2. The van der Waals surface area contributed by atoms with Crippen LogP contribution in [0.15, 0.2) is 11.6 Å². The molecule has 0 aromatic carbocycles. The van der Waals surface area contributed by atoms with Gasteiger partial charge in [-0.25, -0.2) is 9.59 Å². The molecule has 0 aromatic heterocycles. The fraction of sp³-hybridized carbons (Fsp3) is 0.545. The van der Waals surface area contributed by atoms with E-state index < -0.39 is 30.4 Å². The van der Waals surface area contributed by atoms with Crippen molar-refractivity contribution in [3.8, 4) is 0 Å². The van der Waals surface area contributed by atoms with Gasteiger partial charge in [0.2, 0.25) is 0 Å². The quantitative estimate of drug-likeness (QED) is 0.314. The van der Waals surface area contributed by atoms with E-state index in [0.717, 1.165) is 0 Å². The zero-order valence-electron chi connectivity index (χ0n) is 10.4. The molecule has 0 bridgehead atoms. The first-order valence-corrected chi connectivity index (χ1v) is 5.36. The highest BCUT2D eigenvalue weighted by atomic mass is 16.4. The number of aliphatic hydroxyl groups is 2. The molecular weight excluding hydrogens is 260 g/mol. The van der Waals surface area contributed by atoms with Gasteiger partial charge in [0.25, 0.3) is 0 Å². The van der Waals surface area contributed by atoms with Gasteiger partial charge >= 0.3 is 17.9 Å². The van der Waals surface area contributed by atoms with Crippen LogP contribution in [0.1, 0.15) is 26.2 Å². The fourth-order valence-electron chi connectivity index (χ4n) is 0.750. The molecule has 0 aromatic rings. The topological polar surface area (TPSA) is 152 Å². The second-order valence-electron chi connectivity index (χ2n) is 3.51. The van der Waals surface area contributed by atoms with E-state index in [1.807, 2.05) is 0 Å². The summed E-state index contributed by atoms with van der Waals surface area (Å²) in [6, 6.07) is 0. The van der Waals surface area contributed by atoms with E-state index >= 15 is 0 Å². The normalized spacial score (nSPS) is 12.1. The van der Waals surface area contributed by atoms with E-state index in [0.29, 0.717) is 18.4 Å². The number of hydrogen-bond acceptors (Lipinski definition) is 5. The largest absolute Gasteiger partial charge is 0.481 e. The van der Waals surface area contributed by atoms with E-state index in [1.54, 1.807) is 13.0 Å². The minimum Gasteiger partial charge on any atom is -0.481 e. The van der Waals surface area contributed by atoms with E-state index in [-0.39, 0.29) is 6.61 Å². The Morgan fingerprint density at radius 3 is 1.95 bits per heavy atom. The summed E-state index contributed by atoms with van der Waals surface area (Å²) in [5, 5.41) is 40.8. The molecule has 1 unspecified atom stereocenters. The zero-order chi connectivity index (χ0) is 15.4. The Balaban J connectivity index is 0. The molecule has 19 heavy (non-hydrogen) atoms. The lowest BCUT2D eigenvalue weighted by Gasteiger charge is -1.97. The van der Waals surface area contributed by atoms with Crippen LogP contribution in [0, 0.1) is 0 Å². The van der Waals surface area contributed by atoms with Gasteiger partial charge in [-0.3, -0.25) is 4.79 Å². The Labute approximate surface area is 109 Å². The molecule has 0 saturated heterocycles. The van der Waals surface area contributed by atoms with Crippen molar-refractivity contribution < 1.29 is 39.9 Å². The second kappa shape index (κ2) is 11.2. The lowest BCUT2D eigenvalue weighted by Crippen LogP contribution is -2.22. The molecule has 0 amide bonds. The minimum absolute atomic E-state index is 0.114. The van der Waals surface area contributed by atoms with Gasteiger partial charge in [-0.15, -0.1) is 0 Å². The second-order valence-corrected chi connectivity index (χ2v) is 3.51. The summed E-state index contributed by atoms with van der Waals surface area (Å²) in [7, 11) is 0. The molecule has 8 heteroatoms. The molecular formula is C11H18O8. The zero-order valence-corrected chi connectivity index (χ0v) is 10.4. The van der Waals surface area contributed by atoms with Crippen molar-refractivity contribution in [2.24, 2.45) is 0 Å². The first-order valence-electron chi connectivity index (χ1n) is 5.36. The lowest BCUT2D eigenvalue weighted by atomic mass is 10.2. The Morgan fingerprint density at radius 2 is 1.68 bits per heavy atom. The summed E-state index contributed by atoms with van der Waals surface area (Å²) in [6.07, 6.45) is 0.329. The van der Waals surface area contributed by atoms with E-state index in [2.05, 4.69) is 0 Å². The maximum Gasteiger partial charge on any atom is 0.333 e. The van der Waals surface area contributed by atoms with Crippen molar-refractivity contribution in [2.75, 3.05) is 6.61 Å². The highest BCUT2D eigenvalue weighted by molar-refractivity contribution is 5.85. The van der Waals surface area contributed by atoms with Crippen LogP contribution >= 0.6 is 0 Å². The van der Waals surface area contributed by atoms with Crippen LogP contribution in [0.3, 0.4) is 0 Å². The molecule has 0 aliphatic heterocycles. The van der Waals surface area contributed by atoms with Crippen molar-refractivity contribution >= 4 is 17.9 Å². The maximum absolute atomic E-state index is 10.2. The number of unbranched alkanes of at least 4 members (excludes halogenated alkanes) is 1. The van der Waals surface area contributed by atoms with Gasteiger partial charge in [0.1, 0.15) is 0 Å². The Morgan fingerprint density at radius 1 is 1.16 bits per heavy atom. The summed E-state index contributed by atoms with van der Waals surface area (Å²) in [6.45, 7) is 1.66. The Kier molecular flexibility index (Phi) is 11.4. The first-order chi connectivity index (χ1) is 8.72. The van der Waals surface area contributed by atoms with Gasteiger partial charge in [-0.1, -0.05) is 6.08 Å². The third-order valence-corrected chi connectivity index (χ3v) is 1.80. The first kappa shape index (κ1) is 19.4. The number of carboxylic acids is 3. The Bertz CT molecular complexity index is 334. The predicted octanol–water partition coefficient (Wildman–Crippen LogP) is -0.304. The summed E-state index contributed by atoms with van der Waals surface area (Å²) >= 11 is 0. The van der Waals surface area contributed by atoms with Crippen molar-refractivity contribution in [3.63, 3.8) is 0 Å². The molecule has 0 rings (SSSR count). The van der Waals surface area contributed by atoms with Gasteiger partial charge < -0.3 is 25.5 Å². The smallest absolute Gasteiger partial charge is 0.333 e. The fourth-order valence-corrected chi connectivity index (χ4v) is 0.750. The summed E-state index contributed by atoms with van der Waals surface area (Å²) < 4.78 is 0. The van der Waals surface area contributed by atoms with Gasteiger partial charge in [0, 0.05) is 12.2 Å². The Hall–Kier alpha value is -1.93.